The molecule has 1 aromatic carbocycles. The highest BCUT2D eigenvalue weighted by molar-refractivity contribution is 6.42. The second-order valence-electron chi connectivity index (χ2n) is 10.5. The highest BCUT2D eigenvalue weighted by Gasteiger charge is 2.39. The molecule has 3 heterocycles. The van der Waals surface area contributed by atoms with E-state index >= 15 is 0 Å². The fraction of sp³-hybridized carbons (Fsp3) is 0.429. The zero-order valence-corrected chi connectivity index (χ0v) is 25.9. The third-order valence-electron chi connectivity index (χ3n) is 6.87. The molecule has 17 heteroatoms. The Kier molecular flexibility index (Phi) is 11.7. The second-order valence-corrected chi connectivity index (χ2v) is 11.3. The van der Waals surface area contributed by atoms with Gasteiger partial charge in [-0.05, 0) is 56.8 Å². The van der Waals surface area contributed by atoms with Crippen LogP contribution in [0.2, 0.25) is 10.0 Å². The number of aromatic nitrogens is 3. The number of carboxylic acids is 1. The fourth-order valence-corrected chi connectivity index (χ4v) is 4.91. The van der Waals surface area contributed by atoms with Gasteiger partial charge >= 0.3 is 18.3 Å². The quantitative estimate of drug-likeness (QED) is 0.307. The smallest absolute Gasteiger partial charge is 0.475 e. The maximum atomic E-state index is 14.0. The lowest BCUT2D eigenvalue weighted by Crippen LogP contribution is -2.40. The molecule has 1 atom stereocenters. The van der Waals surface area contributed by atoms with Crippen LogP contribution in [0.1, 0.15) is 22.4 Å². The predicted octanol–water partition coefficient (Wildman–Crippen LogP) is 5.63. The molecule has 246 valence electrons. The summed E-state index contributed by atoms with van der Waals surface area (Å²) in [5.74, 6) is -2.05. The Hall–Kier alpha value is -3.56. The van der Waals surface area contributed by atoms with Gasteiger partial charge in [0, 0.05) is 50.9 Å². The first-order valence-corrected chi connectivity index (χ1v) is 14.2. The molecule has 0 aliphatic carbocycles. The highest BCUT2D eigenvalue weighted by atomic mass is 35.5. The van der Waals surface area contributed by atoms with Crippen LogP contribution in [-0.2, 0) is 30.2 Å². The number of pyridine rings is 1. The van der Waals surface area contributed by atoms with Gasteiger partial charge in [-0.1, -0.05) is 29.3 Å². The highest BCUT2D eigenvalue weighted by Crippen LogP contribution is 2.38. The predicted molar refractivity (Wildman–Crippen MR) is 160 cm³/mol. The van der Waals surface area contributed by atoms with E-state index in [1.54, 1.807) is 17.0 Å². The number of nitrogens with two attached hydrogens (primary N) is 1. The number of hydrogen-bond acceptors (Lipinski definition) is 8. The van der Waals surface area contributed by atoms with Gasteiger partial charge in [0.1, 0.15) is 11.6 Å². The summed E-state index contributed by atoms with van der Waals surface area (Å²) in [6.45, 7) is 1.75. The molecule has 45 heavy (non-hydrogen) atoms. The maximum absolute atomic E-state index is 14.0. The Morgan fingerprint density at radius 2 is 1.73 bits per heavy atom. The lowest BCUT2D eigenvalue weighted by molar-refractivity contribution is -0.192. The van der Waals surface area contributed by atoms with Gasteiger partial charge in [-0.3, -0.25) is 0 Å². The minimum absolute atomic E-state index is 0.118. The van der Waals surface area contributed by atoms with Crippen LogP contribution in [0.15, 0.2) is 36.5 Å². The molecular formula is C28H31Cl2F6N7O2. The zero-order chi connectivity index (χ0) is 33.7. The maximum Gasteiger partial charge on any atom is 0.490 e. The molecule has 0 fully saturated rings. The van der Waals surface area contributed by atoms with Crippen LogP contribution in [-0.4, -0.2) is 83.9 Å². The molecule has 0 spiro atoms. The average molecular weight is 682 g/mol. The molecule has 0 radical (unpaired) electrons. The normalized spacial score (nSPS) is 15.2. The van der Waals surface area contributed by atoms with Gasteiger partial charge in [0.05, 0.1) is 21.3 Å². The van der Waals surface area contributed by atoms with Crippen molar-refractivity contribution in [3.05, 3.63) is 69.0 Å². The van der Waals surface area contributed by atoms with Gasteiger partial charge < -0.3 is 25.5 Å². The molecule has 1 aliphatic heterocycles. The van der Waals surface area contributed by atoms with Crippen molar-refractivity contribution in [2.75, 3.05) is 56.3 Å². The summed E-state index contributed by atoms with van der Waals surface area (Å²) in [5.41, 5.74) is 7.92. The topological polar surface area (TPSA) is 112 Å². The standard InChI is InChI=1S/C26H30Cl2F3N7.C2HF3O2/c1-36(2)11-12-37(3)25-34-22-15-17(13-16-6-7-20(27)21(28)14-16)38(10-8-18(22)23(32)35-25)24-19(26(29,30)31)5-4-9-33-24;3-2(4,5)1(6)7/h4-7,9,14,17H,8,10-13,15H2,1-3H3,(H2,32,34,35);(H,6,7). The second kappa shape index (κ2) is 14.7. The van der Waals surface area contributed by atoms with Crippen molar-refractivity contribution in [2.45, 2.75) is 37.7 Å². The van der Waals surface area contributed by atoms with E-state index in [-0.39, 0.29) is 12.4 Å². The van der Waals surface area contributed by atoms with Gasteiger partial charge in [0.2, 0.25) is 5.95 Å². The molecular weight excluding hydrogens is 651 g/mol. The first-order valence-electron chi connectivity index (χ1n) is 13.4. The minimum atomic E-state index is -5.08. The first-order chi connectivity index (χ1) is 20.9. The number of likely N-dealkylation sites (N-methyl/N-ethyl adjacent to an activating group) is 2. The van der Waals surface area contributed by atoms with E-state index in [1.165, 1.54) is 12.3 Å². The van der Waals surface area contributed by atoms with Crippen LogP contribution < -0.4 is 15.5 Å². The van der Waals surface area contributed by atoms with Gasteiger partial charge in [-0.2, -0.15) is 31.3 Å². The molecule has 1 aliphatic rings. The number of hydrogen-bond donors (Lipinski definition) is 2. The summed E-state index contributed by atoms with van der Waals surface area (Å²) in [5, 5.41) is 7.92. The molecule has 0 saturated carbocycles. The molecule has 9 nitrogen and oxygen atoms in total. The van der Waals surface area contributed by atoms with Crippen molar-refractivity contribution < 1.29 is 36.2 Å². The van der Waals surface area contributed by atoms with Crippen molar-refractivity contribution >= 4 is 46.8 Å². The molecule has 1 unspecified atom stereocenters. The summed E-state index contributed by atoms with van der Waals surface area (Å²) in [6.07, 6.45) is -7.12. The number of nitrogens with zero attached hydrogens (tertiary/aromatic N) is 6. The van der Waals surface area contributed by atoms with Crippen LogP contribution in [0.4, 0.5) is 43.9 Å². The summed E-state index contributed by atoms with van der Waals surface area (Å²) < 4.78 is 73.7. The molecule has 2 aromatic heterocycles. The Morgan fingerprint density at radius 1 is 1.07 bits per heavy atom. The first kappa shape index (κ1) is 35.9. The van der Waals surface area contributed by atoms with E-state index in [9.17, 15) is 26.3 Å². The molecule has 0 bridgehead atoms. The van der Waals surface area contributed by atoms with E-state index in [1.807, 2.05) is 32.1 Å². The van der Waals surface area contributed by atoms with Crippen molar-refractivity contribution in [3.8, 4) is 0 Å². The average Bonchev–Trinajstić information content (AvgIpc) is 3.12. The van der Waals surface area contributed by atoms with Crippen molar-refractivity contribution in [1.82, 2.24) is 19.9 Å². The van der Waals surface area contributed by atoms with Gasteiger partial charge in [0.15, 0.2) is 0 Å². The van der Waals surface area contributed by atoms with E-state index in [4.69, 9.17) is 43.8 Å². The number of anilines is 3. The van der Waals surface area contributed by atoms with Gasteiger partial charge in [-0.15, -0.1) is 0 Å². The lowest BCUT2D eigenvalue weighted by Gasteiger charge is -2.33. The number of rotatable bonds is 7. The number of carboxylic acid groups (broad SMARTS) is 1. The van der Waals surface area contributed by atoms with Crippen LogP contribution in [0.3, 0.4) is 0 Å². The fourth-order valence-electron chi connectivity index (χ4n) is 4.59. The Bertz CT molecular complexity index is 1490. The van der Waals surface area contributed by atoms with E-state index < -0.39 is 29.9 Å². The molecule has 4 rings (SSSR count). The Balaban J connectivity index is 0.000000707. The number of alkyl halides is 6. The summed E-state index contributed by atoms with van der Waals surface area (Å²) in [6, 6.07) is 7.21. The molecule has 3 aromatic rings. The van der Waals surface area contributed by atoms with Gasteiger partial charge in [0.25, 0.3) is 0 Å². The van der Waals surface area contributed by atoms with Gasteiger partial charge in [-0.25, -0.2) is 14.8 Å². The van der Waals surface area contributed by atoms with Crippen LogP contribution in [0, 0.1) is 0 Å². The Labute approximate surface area is 265 Å². The number of benzene rings is 1. The van der Waals surface area contributed by atoms with Crippen molar-refractivity contribution in [2.24, 2.45) is 0 Å². The summed E-state index contributed by atoms with van der Waals surface area (Å²) in [7, 11) is 5.86. The third kappa shape index (κ3) is 9.71. The van der Waals surface area contributed by atoms with Crippen molar-refractivity contribution in [3.63, 3.8) is 0 Å². The monoisotopic (exact) mass is 681 g/mol. The third-order valence-corrected chi connectivity index (χ3v) is 7.61. The number of nitrogen functional groups attached to an aromatic ring is 1. The van der Waals surface area contributed by atoms with E-state index in [0.717, 1.165) is 29.4 Å². The number of carbonyl (C=O) groups is 1. The minimum Gasteiger partial charge on any atom is -0.475 e. The van der Waals surface area contributed by atoms with E-state index in [0.29, 0.717) is 47.6 Å². The largest absolute Gasteiger partial charge is 0.490 e. The van der Waals surface area contributed by atoms with Crippen LogP contribution in [0.5, 0.6) is 0 Å². The lowest BCUT2D eigenvalue weighted by atomic mass is 9.99. The van der Waals surface area contributed by atoms with Crippen LogP contribution >= 0.6 is 23.2 Å². The molecule has 3 N–H and O–H groups in total. The van der Waals surface area contributed by atoms with Crippen LogP contribution in [0.25, 0.3) is 0 Å². The SMILES string of the molecule is CN(C)CCN(C)c1nc(N)c2c(n1)CC(Cc1ccc(Cl)c(Cl)c1)N(c1ncccc1C(F)(F)F)CC2.O=C(O)C(F)(F)F. The van der Waals surface area contributed by atoms with Crippen molar-refractivity contribution in [1.29, 1.82) is 0 Å². The number of aliphatic carboxylic acids is 1. The molecule has 0 saturated heterocycles. The number of fused-ring (bicyclic) bond motifs is 1. The summed E-state index contributed by atoms with van der Waals surface area (Å²) >= 11 is 12.4. The molecule has 0 amide bonds. The summed E-state index contributed by atoms with van der Waals surface area (Å²) in [4.78, 5) is 28.1. The zero-order valence-electron chi connectivity index (χ0n) is 24.4. The Morgan fingerprint density at radius 3 is 2.31 bits per heavy atom. The number of halogens is 8. The van der Waals surface area contributed by atoms with E-state index in [2.05, 4.69) is 14.9 Å².